The van der Waals surface area contributed by atoms with Gasteiger partial charge in [-0.25, -0.2) is 0 Å². The fourth-order valence-electron chi connectivity index (χ4n) is 2.78. The van der Waals surface area contributed by atoms with Gasteiger partial charge in [0.1, 0.15) is 0 Å². The summed E-state index contributed by atoms with van der Waals surface area (Å²) >= 11 is 20.5. The predicted molar refractivity (Wildman–Crippen MR) is 119 cm³/mol. The maximum atomic E-state index is 12.9. The van der Waals surface area contributed by atoms with Gasteiger partial charge in [0.15, 0.2) is 0 Å². The van der Waals surface area contributed by atoms with E-state index in [0.29, 0.717) is 21.3 Å². The highest BCUT2D eigenvalue weighted by atomic mass is 35.5. The van der Waals surface area contributed by atoms with E-state index >= 15 is 0 Å². The molecule has 0 bridgehead atoms. The zero-order chi connectivity index (χ0) is 19.6. The summed E-state index contributed by atoms with van der Waals surface area (Å²) in [5.74, 6) is 0.734. The molecule has 1 aliphatic heterocycles. The Labute approximate surface area is 178 Å². The van der Waals surface area contributed by atoms with Gasteiger partial charge in [-0.05, 0) is 55.6 Å². The van der Waals surface area contributed by atoms with Gasteiger partial charge in [-0.2, -0.15) is 0 Å². The van der Waals surface area contributed by atoms with Gasteiger partial charge in [-0.1, -0.05) is 34.8 Å². The smallest absolute Gasteiger partial charge is 0.257 e. The second-order valence-electron chi connectivity index (χ2n) is 6.24. The zero-order valence-corrected chi connectivity index (χ0v) is 18.1. The molecule has 0 aromatic heterocycles. The Morgan fingerprint density at radius 2 is 2.00 bits per heavy atom. The highest BCUT2D eigenvalue weighted by molar-refractivity contribution is 8.00. The Morgan fingerprint density at radius 3 is 2.67 bits per heavy atom. The molecule has 1 fully saturated rings. The van der Waals surface area contributed by atoms with Crippen molar-refractivity contribution >= 4 is 69.7 Å². The number of benzene rings is 2. The van der Waals surface area contributed by atoms with E-state index in [-0.39, 0.29) is 10.9 Å². The molecule has 2 aromatic rings. The first kappa shape index (κ1) is 20.5. The first-order chi connectivity index (χ1) is 12.9. The molecule has 0 atom stereocenters. The molecule has 2 aromatic carbocycles. The number of nitrogens with zero attached hydrogens (tertiary/aromatic N) is 2. The monoisotopic (exact) mass is 443 g/mol. The van der Waals surface area contributed by atoms with E-state index in [1.165, 1.54) is 0 Å². The minimum absolute atomic E-state index is 0.245. The topological polar surface area (TPSA) is 35.6 Å². The molecule has 1 N–H and O–H groups in total. The summed E-state index contributed by atoms with van der Waals surface area (Å²) in [4.78, 5) is 14.9. The number of halogens is 3. The van der Waals surface area contributed by atoms with Gasteiger partial charge < -0.3 is 14.5 Å². The lowest BCUT2D eigenvalue weighted by Gasteiger charge is -2.20. The van der Waals surface area contributed by atoms with Crippen molar-refractivity contribution in [3.8, 4) is 0 Å². The lowest BCUT2D eigenvalue weighted by atomic mass is 10.1. The summed E-state index contributed by atoms with van der Waals surface area (Å²) < 4.78 is 2.13. The van der Waals surface area contributed by atoms with E-state index in [9.17, 15) is 4.79 Å². The molecule has 27 heavy (non-hydrogen) atoms. The highest BCUT2D eigenvalue weighted by Crippen LogP contribution is 2.36. The minimum Gasteiger partial charge on any atom is -0.375 e. The van der Waals surface area contributed by atoms with Crippen molar-refractivity contribution in [3.63, 3.8) is 0 Å². The molecule has 4 nitrogen and oxygen atoms in total. The van der Waals surface area contributed by atoms with Crippen LogP contribution in [0.15, 0.2) is 30.3 Å². The van der Waals surface area contributed by atoms with E-state index in [0.717, 1.165) is 36.6 Å². The average Bonchev–Trinajstić information content (AvgIpc) is 3.17. The molecule has 3 rings (SSSR count). The minimum atomic E-state index is -0.319. The predicted octanol–water partition coefficient (Wildman–Crippen LogP) is 6.21. The number of anilines is 3. The van der Waals surface area contributed by atoms with E-state index in [1.54, 1.807) is 30.1 Å². The van der Waals surface area contributed by atoms with Crippen LogP contribution in [0, 0.1) is 0 Å². The molecule has 0 aliphatic carbocycles. The molecular formula is C19H20Cl3N3OS. The summed E-state index contributed by atoms with van der Waals surface area (Å²) in [6, 6.07) is 9.03. The van der Waals surface area contributed by atoms with Crippen LogP contribution in [0.4, 0.5) is 17.1 Å². The first-order valence-corrected chi connectivity index (χ1v) is 10.7. The second kappa shape index (κ2) is 8.82. The molecule has 144 valence electrons. The molecule has 1 saturated heterocycles. The molecule has 8 heteroatoms. The third-order valence-corrected chi connectivity index (χ3v) is 6.55. The Bertz CT molecular complexity index is 856. The van der Waals surface area contributed by atoms with Crippen LogP contribution in [0.25, 0.3) is 0 Å². The number of amides is 1. The number of carbonyl (C=O) groups is 1. The van der Waals surface area contributed by atoms with Crippen molar-refractivity contribution in [1.29, 1.82) is 0 Å². The normalized spacial score (nSPS) is 13.7. The van der Waals surface area contributed by atoms with Crippen LogP contribution in [0.1, 0.15) is 23.7 Å². The van der Waals surface area contributed by atoms with Crippen LogP contribution in [0.3, 0.4) is 0 Å². The van der Waals surface area contributed by atoms with Crippen molar-refractivity contribution in [2.24, 2.45) is 0 Å². The first-order valence-electron chi connectivity index (χ1n) is 8.61. The molecule has 0 radical (unpaired) electrons. The number of rotatable bonds is 5. The lowest BCUT2D eigenvalue weighted by Crippen LogP contribution is -2.17. The van der Waals surface area contributed by atoms with Gasteiger partial charge in [0.05, 0.1) is 15.6 Å². The number of nitrogens with one attached hydrogen (secondary N) is 1. The van der Waals surface area contributed by atoms with E-state index in [2.05, 4.69) is 9.62 Å². The SMILES string of the molecule is CCN(C)c1cc(Cl)cc(NC(=O)c2cc(N3CCCS3)cc(Cl)c2Cl)c1. The van der Waals surface area contributed by atoms with Crippen molar-refractivity contribution < 1.29 is 4.79 Å². The second-order valence-corrected chi connectivity index (χ2v) is 8.57. The average molecular weight is 445 g/mol. The summed E-state index contributed by atoms with van der Waals surface area (Å²) in [6.07, 6.45) is 1.10. The van der Waals surface area contributed by atoms with Crippen LogP contribution in [-0.4, -0.2) is 31.8 Å². The van der Waals surface area contributed by atoms with Crippen LogP contribution in [0.2, 0.25) is 15.1 Å². The summed E-state index contributed by atoms with van der Waals surface area (Å²) in [5.41, 5.74) is 2.76. The number of hydrogen-bond donors (Lipinski definition) is 1. The molecule has 1 amide bonds. The summed E-state index contributed by atoms with van der Waals surface area (Å²) in [6.45, 7) is 3.79. The standard InChI is InChI=1S/C19H20Cl3N3OS/c1-3-24(2)14-8-12(20)7-13(9-14)23-19(26)16-10-15(11-17(21)18(16)22)25-5-4-6-27-25/h7-11H,3-6H2,1-2H3,(H,23,26). The van der Waals surface area contributed by atoms with Crippen LogP contribution < -0.4 is 14.5 Å². The number of hydrogen-bond acceptors (Lipinski definition) is 4. The largest absolute Gasteiger partial charge is 0.375 e. The molecule has 1 heterocycles. The third-order valence-electron chi connectivity index (χ3n) is 4.35. The van der Waals surface area contributed by atoms with E-state index in [1.807, 2.05) is 31.0 Å². The molecule has 0 spiro atoms. The van der Waals surface area contributed by atoms with E-state index in [4.69, 9.17) is 34.8 Å². The van der Waals surface area contributed by atoms with Gasteiger partial charge >= 0.3 is 0 Å². The molecule has 0 saturated carbocycles. The van der Waals surface area contributed by atoms with Gasteiger partial charge in [0, 0.05) is 48.0 Å². The van der Waals surface area contributed by atoms with Gasteiger partial charge in [0.25, 0.3) is 5.91 Å². The maximum Gasteiger partial charge on any atom is 0.257 e. The summed E-state index contributed by atoms with van der Waals surface area (Å²) in [7, 11) is 1.96. The van der Waals surface area contributed by atoms with Crippen molar-refractivity contribution in [3.05, 3.63) is 51.0 Å². The molecular weight excluding hydrogens is 425 g/mol. The van der Waals surface area contributed by atoms with Crippen LogP contribution >= 0.6 is 46.8 Å². The fourth-order valence-corrected chi connectivity index (χ4v) is 4.41. The summed E-state index contributed by atoms with van der Waals surface area (Å²) in [5, 5.41) is 4.05. The van der Waals surface area contributed by atoms with E-state index < -0.39 is 0 Å². The third kappa shape index (κ3) is 4.77. The highest BCUT2D eigenvalue weighted by Gasteiger charge is 2.20. The van der Waals surface area contributed by atoms with Gasteiger partial charge in [-0.3, -0.25) is 4.79 Å². The zero-order valence-electron chi connectivity index (χ0n) is 15.1. The van der Waals surface area contributed by atoms with Crippen molar-refractivity contribution in [2.45, 2.75) is 13.3 Å². The van der Waals surface area contributed by atoms with Crippen LogP contribution in [0.5, 0.6) is 0 Å². The maximum absolute atomic E-state index is 12.9. The van der Waals surface area contributed by atoms with Crippen LogP contribution in [-0.2, 0) is 0 Å². The Kier molecular flexibility index (Phi) is 6.69. The number of carbonyl (C=O) groups excluding carboxylic acids is 1. The van der Waals surface area contributed by atoms with Crippen molar-refractivity contribution in [2.75, 3.05) is 40.4 Å². The molecule has 0 unspecified atom stereocenters. The Hall–Kier alpha value is -1.27. The Morgan fingerprint density at radius 1 is 1.22 bits per heavy atom. The molecule has 1 aliphatic rings. The quantitative estimate of drug-likeness (QED) is 0.556. The van der Waals surface area contributed by atoms with Gasteiger partial charge in [-0.15, -0.1) is 0 Å². The fraction of sp³-hybridized carbons (Fsp3) is 0.316. The lowest BCUT2D eigenvalue weighted by molar-refractivity contribution is 0.102. The van der Waals surface area contributed by atoms with Gasteiger partial charge in [0.2, 0.25) is 0 Å². The van der Waals surface area contributed by atoms with Crippen molar-refractivity contribution in [1.82, 2.24) is 0 Å². The Balaban J connectivity index is 1.89.